The van der Waals surface area contributed by atoms with Crippen LogP contribution in [0.5, 0.6) is 0 Å². The van der Waals surface area contributed by atoms with E-state index in [-0.39, 0.29) is 0 Å². The zero-order valence-corrected chi connectivity index (χ0v) is 30.3. The van der Waals surface area contributed by atoms with Gasteiger partial charge in [-0.2, -0.15) is 0 Å². The van der Waals surface area contributed by atoms with Crippen LogP contribution in [-0.2, 0) is 13.3 Å². The third-order valence-corrected chi connectivity index (χ3v) is 11.5. The average molecular weight is 712 g/mol. The molecule has 0 N–H and O–H groups in total. The molecule has 0 aliphatic heterocycles. The first-order valence-corrected chi connectivity index (χ1v) is 23.1. The minimum atomic E-state index is -1.73. The smallest absolute Gasteiger partial charge is 0.376 e. The fourth-order valence-corrected chi connectivity index (χ4v) is 9.20. The van der Waals surface area contributed by atoms with Gasteiger partial charge in [-0.05, 0) is 78.0 Å². The molecular weight excluding hydrogens is 683 g/mol. The topological polar surface area (TPSA) is 27.7 Å². The van der Waals surface area contributed by atoms with Gasteiger partial charge in [-0.15, -0.1) is 89.9 Å². The standard InChI is InChI=1S/C20H12S5.C6H16O3Si.Cl3HSi/c1-3-16(21-8-1)13-5-10-23-18(13)14-6-11-24-19(14)15-7-12-25-20(15)17-4-2-9-22-17;1-4-7-10(8-5-2)9-6-3;1-4(2)3/h1-12H;10H,4-6H2,1-3H3;4H. The molecule has 0 bridgehead atoms. The highest BCUT2D eigenvalue weighted by Crippen LogP contribution is 2.48. The lowest BCUT2D eigenvalue weighted by Gasteiger charge is -2.12. The second-order valence-electron chi connectivity index (χ2n) is 7.35. The fourth-order valence-electron chi connectivity index (χ4n) is 3.48. The maximum Gasteiger partial charge on any atom is 0.484 e. The summed E-state index contributed by atoms with van der Waals surface area (Å²) in [7, 11) is -1.73. The molecule has 0 saturated heterocycles. The number of halogens is 3. The predicted molar refractivity (Wildman–Crippen MR) is 184 cm³/mol. The Kier molecular flexibility index (Phi) is 15.5. The van der Waals surface area contributed by atoms with E-state index in [1.54, 1.807) is 0 Å². The van der Waals surface area contributed by atoms with Crippen LogP contribution >= 0.6 is 89.9 Å². The molecule has 5 heterocycles. The molecular formula is C26H29Cl3O3S5Si2. The monoisotopic (exact) mass is 710 g/mol. The molecule has 210 valence electrons. The molecule has 0 spiro atoms. The number of rotatable bonds is 10. The molecule has 3 nitrogen and oxygen atoms in total. The molecule has 0 amide bonds. The molecule has 5 aromatic rings. The Labute approximate surface area is 268 Å². The van der Waals surface area contributed by atoms with E-state index in [2.05, 4.69) is 69.4 Å². The van der Waals surface area contributed by atoms with E-state index < -0.39 is 16.3 Å². The van der Waals surface area contributed by atoms with E-state index in [9.17, 15) is 0 Å². The Morgan fingerprint density at radius 1 is 0.538 bits per heavy atom. The van der Waals surface area contributed by atoms with E-state index in [0.29, 0.717) is 19.8 Å². The van der Waals surface area contributed by atoms with Gasteiger partial charge in [0.25, 0.3) is 0 Å². The second kappa shape index (κ2) is 18.3. The largest absolute Gasteiger partial charge is 0.484 e. The highest BCUT2D eigenvalue weighted by Gasteiger charge is 2.19. The molecule has 5 rings (SSSR count). The third kappa shape index (κ3) is 10.2. The van der Waals surface area contributed by atoms with Gasteiger partial charge in [-0.25, -0.2) is 0 Å². The SMILES string of the molecule is CCO[SiH](OCC)OCC.Cl[SiH](Cl)Cl.c1csc(-c2ccsc2-c2ccsc2-c2ccsc2-c2cccs2)c1. The molecule has 13 heteroatoms. The molecule has 0 aliphatic rings. The molecule has 0 aliphatic carbocycles. The highest BCUT2D eigenvalue weighted by atomic mass is 35.8. The van der Waals surface area contributed by atoms with Gasteiger partial charge in [0, 0.05) is 56.0 Å². The van der Waals surface area contributed by atoms with Crippen molar-refractivity contribution in [1.29, 1.82) is 0 Å². The van der Waals surface area contributed by atoms with Crippen molar-refractivity contribution in [1.82, 2.24) is 0 Å². The Balaban J connectivity index is 0.000000253. The van der Waals surface area contributed by atoms with Crippen molar-refractivity contribution in [2.75, 3.05) is 19.8 Å². The third-order valence-electron chi connectivity index (χ3n) is 4.92. The Bertz CT molecular complexity index is 1220. The van der Waals surface area contributed by atoms with Gasteiger partial charge < -0.3 is 13.3 Å². The van der Waals surface area contributed by atoms with Gasteiger partial charge in [-0.3, -0.25) is 0 Å². The summed E-state index contributed by atoms with van der Waals surface area (Å²) in [4.78, 5) is 6.84. The summed E-state index contributed by atoms with van der Waals surface area (Å²) in [6.07, 6.45) is 0. The van der Waals surface area contributed by atoms with E-state index in [0.717, 1.165) is 0 Å². The van der Waals surface area contributed by atoms with Gasteiger partial charge in [-0.1, -0.05) is 12.1 Å². The normalized spacial score (nSPS) is 10.9. The Hall–Kier alpha value is -0.316. The van der Waals surface area contributed by atoms with Crippen LogP contribution in [0.2, 0.25) is 0 Å². The number of thiophene rings is 5. The zero-order valence-electron chi connectivity index (χ0n) is 21.6. The van der Waals surface area contributed by atoms with E-state index in [1.165, 1.54) is 41.1 Å². The number of hydrogen-bond donors (Lipinski definition) is 0. The first kappa shape index (κ1) is 33.2. The van der Waals surface area contributed by atoms with Crippen LogP contribution in [0.15, 0.2) is 69.4 Å². The van der Waals surface area contributed by atoms with Crippen molar-refractivity contribution in [3.05, 3.63) is 69.4 Å². The molecule has 39 heavy (non-hydrogen) atoms. The van der Waals surface area contributed by atoms with Crippen LogP contribution in [0.1, 0.15) is 20.8 Å². The minimum absolute atomic E-state index is 0.677. The molecule has 0 fully saturated rings. The molecule has 5 aromatic heterocycles. The van der Waals surface area contributed by atoms with Gasteiger partial charge in [0.1, 0.15) is 0 Å². The molecule has 0 saturated carbocycles. The van der Waals surface area contributed by atoms with Crippen LogP contribution < -0.4 is 0 Å². The van der Waals surface area contributed by atoms with Crippen molar-refractivity contribution >= 4 is 106 Å². The Morgan fingerprint density at radius 3 is 1.41 bits per heavy atom. The van der Waals surface area contributed by atoms with E-state index in [4.69, 9.17) is 46.5 Å². The lowest BCUT2D eigenvalue weighted by Crippen LogP contribution is -2.27. The average Bonchev–Trinajstić information content (AvgIpc) is 3.74. The summed E-state index contributed by atoms with van der Waals surface area (Å²) in [5, 5.41) is 10.9. The first-order chi connectivity index (χ1) is 19.0. The summed E-state index contributed by atoms with van der Waals surface area (Å²) < 4.78 is 15.7. The minimum Gasteiger partial charge on any atom is -0.376 e. The van der Waals surface area contributed by atoms with Gasteiger partial charge in [0.05, 0.1) is 4.88 Å². The molecule has 0 atom stereocenters. The zero-order chi connectivity index (χ0) is 28.0. The van der Waals surface area contributed by atoms with Crippen LogP contribution in [0.25, 0.3) is 41.1 Å². The predicted octanol–water partition coefficient (Wildman–Crippen LogP) is 10.9. The quantitative estimate of drug-likeness (QED) is 0.107. The maximum absolute atomic E-state index is 5.22. The second-order valence-corrected chi connectivity index (χ2v) is 20.0. The lowest BCUT2D eigenvalue weighted by molar-refractivity contribution is 0.107. The van der Waals surface area contributed by atoms with Crippen LogP contribution in [0.3, 0.4) is 0 Å². The van der Waals surface area contributed by atoms with E-state index >= 15 is 0 Å². The van der Waals surface area contributed by atoms with Crippen LogP contribution in [0.4, 0.5) is 0 Å². The fraction of sp³-hybridized carbons (Fsp3) is 0.231. The van der Waals surface area contributed by atoms with Gasteiger partial charge in [0.15, 0.2) is 0 Å². The lowest BCUT2D eigenvalue weighted by atomic mass is 10.1. The van der Waals surface area contributed by atoms with Crippen molar-refractivity contribution in [2.24, 2.45) is 0 Å². The van der Waals surface area contributed by atoms with Gasteiger partial charge in [0.2, 0.25) is 0 Å². The summed E-state index contributed by atoms with van der Waals surface area (Å²) in [5.74, 6) is 0. The Morgan fingerprint density at radius 2 is 0.949 bits per heavy atom. The molecule has 0 unspecified atom stereocenters. The maximum atomic E-state index is 5.22. The summed E-state index contributed by atoms with van der Waals surface area (Å²) in [5.41, 5.74) is 4.08. The van der Waals surface area contributed by atoms with Gasteiger partial charge >= 0.3 is 16.3 Å². The molecule has 0 radical (unpaired) electrons. The summed E-state index contributed by atoms with van der Waals surface area (Å²) in [6.45, 7) is 6.14. The van der Waals surface area contributed by atoms with Crippen molar-refractivity contribution in [3.63, 3.8) is 0 Å². The van der Waals surface area contributed by atoms with Crippen LogP contribution in [-0.4, -0.2) is 36.1 Å². The summed E-state index contributed by atoms with van der Waals surface area (Å²) >= 11 is 24.0. The first-order valence-electron chi connectivity index (χ1n) is 12.1. The number of hydrogen-bond acceptors (Lipinski definition) is 8. The van der Waals surface area contributed by atoms with Crippen molar-refractivity contribution in [3.8, 4) is 41.1 Å². The van der Waals surface area contributed by atoms with Crippen molar-refractivity contribution in [2.45, 2.75) is 20.8 Å². The highest BCUT2D eigenvalue weighted by molar-refractivity contribution is 7.54. The summed E-state index contributed by atoms with van der Waals surface area (Å²) in [6, 6.07) is 15.5. The van der Waals surface area contributed by atoms with Crippen LogP contribution in [0, 0.1) is 0 Å². The molecule has 0 aromatic carbocycles. The van der Waals surface area contributed by atoms with E-state index in [1.807, 2.05) is 77.5 Å². The van der Waals surface area contributed by atoms with Crippen molar-refractivity contribution < 1.29 is 13.3 Å².